The summed E-state index contributed by atoms with van der Waals surface area (Å²) < 4.78 is 32.7. The van der Waals surface area contributed by atoms with Crippen molar-refractivity contribution >= 4 is 26.0 Å². The van der Waals surface area contributed by atoms with E-state index in [2.05, 4.69) is 20.7 Å². The number of ether oxygens (including phenoxy) is 1. The molecular weight excluding hydrogens is 366 g/mol. The summed E-state index contributed by atoms with van der Waals surface area (Å²) in [5.41, 5.74) is 1.01. The highest BCUT2D eigenvalue weighted by Gasteiger charge is 2.10. The number of para-hydroxylation sites is 1. The van der Waals surface area contributed by atoms with Gasteiger partial charge in [0.15, 0.2) is 0 Å². The van der Waals surface area contributed by atoms with E-state index in [1.165, 1.54) is 0 Å². The number of aryl methyl sites for hydroxylation is 1. The first-order valence-corrected chi connectivity index (χ1v) is 9.40. The maximum absolute atomic E-state index is 11.9. The molecule has 0 fully saturated rings. The molecule has 0 aromatic heterocycles. The standard InChI is InChI=1S/C16H18BrNO3S/c17-15-8-4-5-9-16(15)21-12-11-18-22(19,20)13-10-14-6-2-1-3-7-14/h1-9,18H,10-13H2. The van der Waals surface area contributed by atoms with Gasteiger partial charge in [0.25, 0.3) is 0 Å². The lowest BCUT2D eigenvalue weighted by Crippen LogP contribution is -2.31. The molecule has 6 heteroatoms. The van der Waals surface area contributed by atoms with Gasteiger partial charge in [0.1, 0.15) is 12.4 Å². The lowest BCUT2D eigenvalue weighted by atomic mass is 10.2. The van der Waals surface area contributed by atoms with Crippen LogP contribution in [0.4, 0.5) is 0 Å². The van der Waals surface area contributed by atoms with Crippen LogP contribution >= 0.6 is 15.9 Å². The zero-order valence-electron chi connectivity index (χ0n) is 12.0. The minimum Gasteiger partial charge on any atom is -0.491 e. The number of sulfonamides is 1. The maximum Gasteiger partial charge on any atom is 0.212 e. The molecule has 0 spiro atoms. The van der Waals surface area contributed by atoms with E-state index >= 15 is 0 Å². The Kier molecular flexibility index (Phi) is 6.42. The maximum atomic E-state index is 11.9. The van der Waals surface area contributed by atoms with Crippen LogP contribution in [0.25, 0.3) is 0 Å². The van der Waals surface area contributed by atoms with Gasteiger partial charge in [-0.3, -0.25) is 0 Å². The van der Waals surface area contributed by atoms with Crippen LogP contribution in [0.15, 0.2) is 59.1 Å². The minimum atomic E-state index is -3.29. The van der Waals surface area contributed by atoms with Gasteiger partial charge in [-0.1, -0.05) is 42.5 Å². The summed E-state index contributed by atoms with van der Waals surface area (Å²) >= 11 is 3.37. The molecule has 2 rings (SSSR count). The van der Waals surface area contributed by atoms with Gasteiger partial charge >= 0.3 is 0 Å². The number of halogens is 1. The molecule has 0 aliphatic heterocycles. The smallest absolute Gasteiger partial charge is 0.212 e. The van der Waals surface area contributed by atoms with E-state index < -0.39 is 10.0 Å². The second-order valence-electron chi connectivity index (χ2n) is 4.73. The summed E-state index contributed by atoms with van der Waals surface area (Å²) in [6.07, 6.45) is 0.501. The monoisotopic (exact) mass is 383 g/mol. The Labute approximate surface area is 139 Å². The van der Waals surface area contributed by atoms with E-state index in [1.54, 1.807) is 0 Å². The molecule has 22 heavy (non-hydrogen) atoms. The van der Waals surface area contributed by atoms with Gasteiger partial charge in [0, 0.05) is 6.54 Å². The Morgan fingerprint density at radius 2 is 1.68 bits per heavy atom. The van der Waals surface area contributed by atoms with Gasteiger partial charge in [-0.15, -0.1) is 0 Å². The van der Waals surface area contributed by atoms with Gasteiger partial charge in [0.2, 0.25) is 10.0 Å². The lowest BCUT2D eigenvalue weighted by Gasteiger charge is -2.09. The average Bonchev–Trinajstić information content (AvgIpc) is 2.52. The molecule has 2 aromatic rings. The number of benzene rings is 2. The summed E-state index contributed by atoms with van der Waals surface area (Å²) in [6.45, 7) is 0.533. The van der Waals surface area contributed by atoms with Crippen molar-refractivity contribution in [2.45, 2.75) is 6.42 Å². The third kappa shape index (κ3) is 5.79. The molecule has 118 valence electrons. The summed E-state index contributed by atoms with van der Waals surface area (Å²) in [5.74, 6) is 0.775. The highest BCUT2D eigenvalue weighted by molar-refractivity contribution is 9.10. The number of nitrogens with one attached hydrogen (secondary N) is 1. The van der Waals surface area contributed by atoms with Crippen molar-refractivity contribution in [2.75, 3.05) is 18.9 Å². The highest BCUT2D eigenvalue weighted by atomic mass is 79.9. The third-order valence-electron chi connectivity index (χ3n) is 3.02. The molecule has 0 saturated heterocycles. The van der Waals surface area contributed by atoms with Gasteiger partial charge in [-0.05, 0) is 40.0 Å². The molecule has 4 nitrogen and oxygen atoms in total. The van der Waals surface area contributed by atoms with E-state index in [0.29, 0.717) is 12.2 Å². The Morgan fingerprint density at radius 1 is 1.00 bits per heavy atom. The van der Waals surface area contributed by atoms with Crippen LogP contribution in [0.1, 0.15) is 5.56 Å². The fourth-order valence-electron chi connectivity index (χ4n) is 1.89. The lowest BCUT2D eigenvalue weighted by molar-refractivity contribution is 0.321. The molecule has 0 radical (unpaired) electrons. The first-order chi connectivity index (χ1) is 10.6. The normalized spacial score (nSPS) is 11.3. The van der Waals surface area contributed by atoms with Crippen LogP contribution in [0.5, 0.6) is 5.75 Å². The largest absolute Gasteiger partial charge is 0.491 e. The van der Waals surface area contributed by atoms with Crippen molar-refractivity contribution in [3.8, 4) is 5.75 Å². The van der Waals surface area contributed by atoms with Gasteiger partial charge in [0.05, 0.1) is 10.2 Å². The molecule has 0 amide bonds. The minimum absolute atomic E-state index is 0.0754. The Balaban J connectivity index is 1.72. The predicted molar refractivity (Wildman–Crippen MR) is 91.6 cm³/mol. The van der Waals surface area contributed by atoms with Gasteiger partial charge in [-0.2, -0.15) is 0 Å². The molecule has 0 aliphatic rings. The Bertz CT molecular complexity index is 690. The van der Waals surface area contributed by atoms with Crippen molar-refractivity contribution < 1.29 is 13.2 Å². The van der Waals surface area contributed by atoms with E-state index in [0.717, 1.165) is 10.0 Å². The molecule has 0 bridgehead atoms. The first kappa shape index (κ1) is 17.0. The second kappa shape index (κ2) is 8.31. The first-order valence-electron chi connectivity index (χ1n) is 6.95. The number of hydrogen-bond acceptors (Lipinski definition) is 3. The van der Waals surface area contributed by atoms with Crippen molar-refractivity contribution in [3.63, 3.8) is 0 Å². The predicted octanol–water partition coefficient (Wildman–Crippen LogP) is 2.99. The molecule has 1 N–H and O–H groups in total. The molecule has 0 atom stereocenters. The number of hydrogen-bond donors (Lipinski definition) is 1. The molecule has 0 unspecified atom stereocenters. The quantitative estimate of drug-likeness (QED) is 0.712. The molecular formula is C16H18BrNO3S. The summed E-state index contributed by atoms with van der Waals surface area (Å²) in [5, 5.41) is 0. The fraction of sp³-hybridized carbons (Fsp3) is 0.250. The molecule has 2 aromatic carbocycles. The summed E-state index contributed by atoms with van der Waals surface area (Å²) in [6, 6.07) is 17.0. The van der Waals surface area contributed by atoms with Gasteiger partial charge < -0.3 is 4.74 Å². The molecule has 0 heterocycles. The van der Waals surface area contributed by atoms with Gasteiger partial charge in [-0.25, -0.2) is 13.1 Å². The average molecular weight is 384 g/mol. The van der Waals surface area contributed by atoms with Crippen LogP contribution < -0.4 is 9.46 Å². The Morgan fingerprint density at radius 3 is 2.41 bits per heavy atom. The zero-order valence-corrected chi connectivity index (χ0v) is 14.4. The number of rotatable bonds is 8. The topological polar surface area (TPSA) is 55.4 Å². The van der Waals surface area contributed by atoms with Crippen LogP contribution in [-0.2, 0) is 16.4 Å². The fourth-order valence-corrected chi connectivity index (χ4v) is 3.33. The SMILES string of the molecule is O=S(=O)(CCc1ccccc1)NCCOc1ccccc1Br. The van der Waals surface area contributed by atoms with Crippen LogP contribution in [0.2, 0.25) is 0 Å². The van der Waals surface area contributed by atoms with Crippen molar-refractivity contribution in [1.29, 1.82) is 0 Å². The summed E-state index contributed by atoms with van der Waals surface area (Å²) in [7, 11) is -3.29. The van der Waals surface area contributed by atoms with E-state index in [-0.39, 0.29) is 18.9 Å². The van der Waals surface area contributed by atoms with E-state index in [9.17, 15) is 8.42 Å². The zero-order chi connectivity index (χ0) is 15.8. The van der Waals surface area contributed by atoms with E-state index in [1.807, 2.05) is 54.6 Å². The second-order valence-corrected chi connectivity index (χ2v) is 7.51. The molecule has 0 aliphatic carbocycles. The highest BCUT2D eigenvalue weighted by Crippen LogP contribution is 2.23. The van der Waals surface area contributed by atoms with Crippen LogP contribution in [-0.4, -0.2) is 27.3 Å². The van der Waals surface area contributed by atoms with E-state index in [4.69, 9.17) is 4.74 Å². The third-order valence-corrected chi connectivity index (χ3v) is 5.06. The Hall–Kier alpha value is -1.37. The van der Waals surface area contributed by atoms with Crippen molar-refractivity contribution in [3.05, 3.63) is 64.6 Å². The van der Waals surface area contributed by atoms with Crippen molar-refractivity contribution in [1.82, 2.24) is 4.72 Å². The van der Waals surface area contributed by atoms with Crippen molar-refractivity contribution in [2.24, 2.45) is 0 Å². The molecule has 0 saturated carbocycles. The van der Waals surface area contributed by atoms with Crippen LogP contribution in [0, 0.1) is 0 Å². The van der Waals surface area contributed by atoms with Crippen LogP contribution in [0.3, 0.4) is 0 Å². The summed E-state index contributed by atoms with van der Waals surface area (Å²) in [4.78, 5) is 0.